The average Bonchev–Trinajstić information content (AvgIpc) is 2.62. The van der Waals surface area contributed by atoms with Crippen LogP contribution in [0, 0.1) is 11.3 Å². The van der Waals surface area contributed by atoms with Crippen molar-refractivity contribution in [3.05, 3.63) is 35.9 Å². The number of hydrogen-bond acceptors (Lipinski definition) is 2. The zero-order chi connectivity index (χ0) is 12.1. The van der Waals surface area contributed by atoms with Gasteiger partial charge >= 0.3 is 0 Å². The molecular formula is C15H21ClN2. The minimum Gasteiger partial charge on any atom is -0.304 e. The summed E-state index contributed by atoms with van der Waals surface area (Å²) in [5.41, 5.74) is 0.936. The predicted octanol–water partition coefficient (Wildman–Crippen LogP) is 3.38. The number of nitriles is 1. The van der Waals surface area contributed by atoms with Crippen LogP contribution in [-0.4, -0.2) is 24.5 Å². The minimum atomic E-state index is -0.259. The molecule has 0 aromatic heterocycles. The highest BCUT2D eigenvalue weighted by atomic mass is 35.5. The first-order chi connectivity index (χ1) is 8.30. The van der Waals surface area contributed by atoms with E-state index in [1.807, 2.05) is 18.2 Å². The second kappa shape index (κ2) is 6.78. The largest absolute Gasteiger partial charge is 0.304 e. The standard InChI is InChI=1S/C15H20N2.ClH/c1-2-17-11-6-9-15(13-16,10-12-17)14-7-4-3-5-8-14;/h3-5,7-8H,2,6,9-12H2,1H3;1H. The first-order valence-corrected chi connectivity index (χ1v) is 6.50. The summed E-state index contributed by atoms with van der Waals surface area (Å²) >= 11 is 0. The smallest absolute Gasteiger partial charge is 0.0835 e. The van der Waals surface area contributed by atoms with Crippen LogP contribution >= 0.6 is 12.4 Å². The summed E-state index contributed by atoms with van der Waals surface area (Å²) in [5, 5.41) is 9.61. The fourth-order valence-electron chi connectivity index (χ4n) is 2.73. The average molecular weight is 265 g/mol. The SMILES string of the molecule is CCN1CCCC(C#N)(c2ccccc2)CC1.Cl. The third-order valence-electron chi connectivity index (χ3n) is 3.92. The minimum absolute atomic E-state index is 0. The van der Waals surface area contributed by atoms with Gasteiger partial charge in [0.15, 0.2) is 0 Å². The van der Waals surface area contributed by atoms with Crippen LogP contribution < -0.4 is 0 Å². The molecule has 2 rings (SSSR count). The Balaban J connectivity index is 0.00000162. The molecule has 0 amide bonds. The van der Waals surface area contributed by atoms with E-state index in [1.165, 1.54) is 5.56 Å². The molecule has 1 aromatic rings. The zero-order valence-electron chi connectivity index (χ0n) is 10.9. The molecule has 1 fully saturated rings. The lowest BCUT2D eigenvalue weighted by Crippen LogP contribution is -2.28. The number of rotatable bonds is 2. The van der Waals surface area contributed by atoms with E-state index in [0.29, 0.717) is 0 Å². The van der Waals surface area contributed by atoms with E-state index in [-0.39, 0.29) is 17.8 Å². The lowest BCUT2D eigenvalue weighted by atomic mass is 9.76. The molecule has 0 N–H and O–H groups in total. The Morgan fingerprint density at radius 1 is 1.22 bits per heavy atom. The molecule has 0 saturated carbocycles. The van der Waals surface area contributed by atoms with Gasteiger partial charge in [0.25, 0.3) is 0 Å². The lowest BCUT2D eigenvalue weighted by molar-refractivity contribution is 0.296. The van der Waals surface area contributed by atoms with Crippen molar-refractivity contribution >= 4 is 12.4 Å². The summed E-state index contributed by atoms with van der Waals surface area (Å²) in [6, 6.07) is 12.9. The molecule has 0 radical (unpaired) electrons. The van der Waals surface area contributed by atoms with Gasteiger partial charge in [0, 0.05) is 0 Å². The Morgan fingerprint density at radius 2 is 1.94 bits per heavy atom. The molecule has 3 heteroatoms. The van der Waals surface area contributed by atoms with Crippen molar-refractivity contribution in [3.63, 3.8) is 0 Å². The van der Waals surface area contributed by atoms with Crippen LogP contribution in [-0.2, 0) is 5.41 Å². The lowest BCUT2D eigenvalue weighted by Gasteiger charge is -2.25. The monoisotopic (exact) mass is 264 g/mol. The van der Waals surface area contributed by atoms with E-state index in [2.05, 4.69) is 30.0 Å². The molecule has 1 unspecified atom stereocenters. The quantitative estimate of drug-likeness (QED) is 0.819. The van der Waals surface area contributed by atoms with E-state index in [0.717, 1.165) is 38.9 Å². The first-order valence-electron chi connectivity index (χ1n) is 6.50. The molecule has 0 spiro atoms. The van der Waals surface area contributed by atoms with Gasteiger partial charge in [-0.15, -0.1) is 12.4 Å². The van der Waals surface area contributed by atoms with Gasteiger partial charge in [0.05, 0.1) is 11.5 Å². The third-order valence-corrected chi connectivity index (χ3v) is 3.92. The zero-order valence-corrected chi connectivity index (χ0v) is 11.7. The van der Waals surface area contributed by atoms with Gasteiger partial charge in [-0.2, -0.15) is 5.26 Å². The molecule has 1 aliphatic heterocycles. The number of halogens is 1. The highest BCUT2D eigenvalue weighted by Gasteiger charge is 2.33. The highest BCUT2D eigenvalue weighted by molar-refractivity contribution is 5.85. The van der Waals surface area contributed by atoms with Crippen molar-refractivity contribution in [1.82, 2.24) is 4.90 Å². The molecule has 18 heavy (non-hydrogen) atoms. The fourth-order valence-corrected chi connectivity index (χ4v) is 2.73. The van der Waals surface area contributed by atoms with Crippen LogP contribution in [0.1, 0.15) is 31.7 Å². The van der Waals surface area contributed by atoms with Gasteiger partial charge in [0.2, 0.25) is 0 Å². The summed E-state index contributed by atoms with van der Waals surface area (Å²) in [5.74, 6) is 0. The molecule has 1 aliphatic rings. The topological polar surface area (TPSA) is 27.0 Å². The maximum absolute atomic E-state index is 9.61. The Bertz CT molecular complexity index is 399. The summed E-state index contributed by atoms with van der Waals surface area (Å²) in [6.45, 7) is 5.46. The van der Waals surface area contributed by atoms with Gasteiger partial charge in [-0.05, 0) is 44.5 Å². The molecule has 2 nitrogen and oxygen atoms in total. The Kier molecular flexibility index (Phi) is 5.65. The van der Waals surface area contributed by atoms with Crippen molar-refractivity contribution < 1.29 is 0 Å². The summed E-state index contributed by atoms with van der Waals surface area (Å²) < 4.78 is 0. The number of hydrogen-bond donors (Lipinski definition) is 0. The molecule has 0 bridgehead atoms. The van der Waals surface area contributed by atoms with Gasteiger partial charge in [-0.3, -0.25) is 0 Å². The molecule has 1 atom stereocenters. The molecule has 1 heterocycles. The Hall–Kier alpha value is -1.04. The highest BCUT2D eigenvalue weighted by Crippen LogP contribution is 2.34. The van der Waals surface area contributed by atoms with Gasteiger partial charge in [0.1, 0.15) is 0 Å². The van der Waals surface area contributed by atoms with Gasteiger partial charge < -0.3 is 4.90 Å². The van der Waals surface area contributed by atoms with Crippen LogP contribution in [0.2, 0.25) is 0 Å². The molecule has 0 aliphatic carbocycles. The molecular weight excluding hydrogens is 244 g/mol. The predicted molar refractivity (Wildman–Crippen MR) is 76.9 cm³/mol. The van der Waals surface area contributed by atoms with Crippen LogP contribution in [0.4, 0.5) is 0 Å². The molecule has 1 saturated heterocycles. The van der Waals surface area contributed by atoms with Crippen molar-refractivity contribution in [1.29, 1.82) is 5.26 Å². The maximum Gasteiger partial charge on any atom is 0.0835 e. The van der Waals surface area contributed by atoms with Gasteiger partial charge in [-0.1, -0.05) is 37.3 Å². The van der Waals surface area contributed by atoms with Crippen molar-refractivity contribution in [2.75, 3.05) is 19.6 Å². The summed E-state index contributed by atoms with van der Waals surface area (Å²) in [4.78, 5) is 2.45. The second-order valence-corrected chi connectivity index (χ2v) is 4.85. The van der Waals surface area contributed by atoms with E-state index >= 15 is 0 Å². The molecule has 1 aromatic carbocycles. The first kappa shape index (κ1) is 15.0. The Labute approximate surface area is 116 Å². The fraction of sp³-hybridized carbons (Fsp3) is 0.533. The van der Waals surface area contributed by atoms with Crippen molar-refractivity contribution in [3.8, 4) is 6.07 Å². The Morgan fingerprint density at radius 3 is 2.56 bits per heavy atom. The number of nitrogens with zero attached hydrogens (tertiary/aromatic N) is 2. The maximum atomic E-state index is 9.61. The van der Waals surface area contributed by atoms with Gasteiger partial charge in [-0.25, -0.2) is 0 Å². The summed E-state index contributed by atoms with van der Waals surface area (Å²) in [7, 11) is 0. The molecule has 98 valence electrons. The summed E-state index contributed by atoms with van der Waals surface area (Å²) in [6.07, 6.45) is 3.07. The second-order valence-electron chi connectivity index (χ2n) is 4.85. The van der Waals surface area contributed by atoms with E-state index in [4.69, 9.17) is 0 Å². The van der Waals surface area contributed by atoms with E-state index in [1.54, 1.807) is 0 Å². The van der Waals surface area contributed by atoms with Crippen LogP contribution in [0.3, 0.4) is 0 Å². The van der Waals surface area contributed by atoms with E-state index in [9.17, 15) is 5.26 Å². The van der Waals surface area contributed by atoms with Crippen LogP contribution in [0.25, 0.3) is 0 Å². The van der Waals surface area contributed by atoms with Crippen molar-refractivity contribution in [2.45, 2.75) is 31.6 Å². The number of benzene rings is 1. The van der Waals surface area contributed by atoms with Crippen LogP contribution in [0.15, 0.2) is 30.3 Å². The van der Waals surface area contributed by atoms with E-state index < -0.39 is 0 Å². The normalized spacial score (nSPS) is 24.7. The third kappa shape index (κ3) is 3.04. The number of likely N-dealkylation sites (tertiary alicyclic amines) is 1. The van der Waals surface area contributed by atoms with Crippen LogP contribution in [0.5, 0.6) is 0 Å². The van der Waals surface area contributed by atoms with Crippen molar-refractivity contribution in [2.24, 2.45) is 0 Å².